The number of rotatable bonds is 4. The number of piperazine rings is 1. The number of nitrogens with one attached hydrogen (secondary N) is 1. The molecule has 1 aromatic heterocycles. The van der Waals surface area contributed by atoms with E-state index >= 15 is 0 Å². The molecule has 0 aromatic carbocycles. The van der Waals surface area contributed by atoms with E-state index in [1.54, 1.807) is 6.92 Å². The van der Waals surface area contributed by atoms with Crippen LogP contribution in [-0.4, -0.2) is 60.5 Å². The van der Waals surface area contributed by atoms with Crippen molar-refractivity contribution in [1.29, 1.82) is 0 Å². The van der Waals surface area contributed by atoms with Crippen LogP contribution in [0.15, 0.2) is 5.03 Å². The smallest absolute Gasteiger partial charge is 0.262 e. The van der Waals surface area contributed by atoms with Gasteiger partial charge in [-0.1, -0.05) is 6.92 Å². The summed E-state index contributed by atoms with van der Waals surface area (Å²) in [6, 6.07) is 0.250. The summed E-state index contributed by atoms with van der Waals surface area (Å²) in [5.74, 6) is 0. The first-order chi connectivity index (χ1) is 9.41. The van der Waals surface area contributed by atoms with Crippen LogP contribution in [0.2, 0.25) is 0 Å². The maximum absolute atomic E-state index is 12.7. The van der Waals surface area contributed by atoms with Crippen molar-refractivity contribution >= 4 is 10.0 Å². The molecule has 114 valence electrons. The Morgan fingerprint density at radius 2 is 2.15 bits per heavy atom. The Hall–Kier alpha value is -0.960. The van der Waals surface area contributed by atoms with Crippen LogP contribution in [0.4, 0.5) is 0 Å². The molecule has 1 aliphatic heterocycles. The third-order valence-electron chi connectivity index (χ3n) is 4.04. The number of aromatic nitrogens is 2. The molecule has 1 fully saturated rings. The monoisotopic (exact) mass is 301 g/mol. The molecule has 1 atom stereocenters. The lowest BCUT2D eigenvalue weighted by atomic mass is 10.1. The average Bonchev–Trinajstić information content (AvgIpc) is 2.80. The van der Waals surface area contributed by atoms with Gasteiger partial charge in [0.25, 0.3) is 10.0 Å². The molecule has 3 N–H and O–H groups in total. The Morgan fingerprint density at radius 1 is 1.45 bits per heavy atom. The van der Waals surface area contributed by atoms with Crippen molar-refractivity contribution in [1.82, 2.24) is 19.4 Å². The van der Waals surface area contributed by atoms with Crippen LogP contribution in [-0.2, 0) is 16.6 Å². The molecule has 0 radical (unpaired) electrons. The van der Waals surface area contributed by atoms with Gasteiger partial charge in [0.05, 0.1) is 0 Å². The third-order valence-corrected chi connectivity index (χ3v) is 5.87. The first-order valence-electron chi connectivity index (χ1n) is 6.86. The van der Waals surface area contributed by atoms with Crippen LogP contribution in [0.1, 0.15) is 24.6 Å². The molecule has 0 saturated carbocycles. The zero-order valence-electron chi connectivity index (χ0n) is 12.3. The molecule has 0 amide bonds. The molecule has 2 rings (SSSR count). The third kappa shape index (κ3) is 2.60. The lowest BCUT2D eigenvalue weighted by Gasteiger charge is -2.38. The summed E-state index contributed by atoms with van der Waals surface area (Å²) in [5.41, 5.74) is 6.94. The van der Waals surface area contributed by atoms with Crippen LogP contribution in [0.3, 0.4) is 0 Å². The number of H-pyrrole nitrogens is 1. The Bertz CT molecular complexity index is 568. The number of hydrogen-bond acceptors (Lipinski definition) is 5. The first kappa shape index (κ1) is 15.4. The number of hydrogen-bond donors (Lipinski definition) is 2. The Morgan fingerprint density at radius 3 is 2.75 bits per heavy atom. The molecule has 8 heteroatoms. The minimum atomic E-state index is -3.57. The van der Waals surface area contributed by atoms with E-state index in [0.717, 1.165) is 13.0 Å². The van der Waals surface area contributed by atoms with Gasteiger partial charge in [-0.2, -0.15) is 9.40 Å². The SMILES string of the molecule is CCC1CN(S(=O)(=O)c2n[nH]c(C)c2CN)CCN1C. The Labute approximate surface area is 120 Å². The highest BCUT2D eigenvalue weighted by atomic mass is 32.2. The summed E-state index contributed by atoms with van der Waals surface area (Å²) in [4.78, 5) is 2.20. The lowest BCUT2D eigenvalue weighted by molar-refractivity contribution is 0.144. The number of likely N-dealkylation sites (N-methyl/N-ethyl adjacent to an activating group) is 1. The summed E-state index contributed by atoms with van der Waals surface area (Å²) < 4.78 is 27.0. The highest BCUT2D eigenvalue weighted by Gasteiger charge is 2.35. The summed E-state index contributed by atoms with van der Waals surface area (Å²) >= 11 is 0. The molecule has 0 aliphatic carbocycles. The van der Waals surface area contributed by atoms with E-state index in [4.69, 9.17) is 5.73 Å². The molecule has 1 saturated heterocycles. The summed E-state index contributed by atoms with van der Waals surface area (Å²) in [5, 5.41) is 6.76. The second-order valence-electron chi connectivity index (χ2n) is 5.24. The second kappa shape index (κ2) is 5.80. The highest BCUT2D eigenvalue weighted by Crippen LogP contribution is 2.23. The van der Waals surface area contributed by atoms with Crippen molar-refractivity contribution < 1.29 is 8.42 Å². The quantitative estimate of drug-likeness (QED) is 0.809. The van der Waals surface area contributed by atoms with E-state index < -0.39 is 10.0 Å². The van der Waals surface area contributed by atoms with Crippen molar-refractivity contribution in [2.24, 2.45) is 5.73 Å². The van der Waals surface area contributed by atoms with Crippen molar-refractivity contribution in [2.45, 2.75) is 37.9 Å². The zero-order chi connectivity index (χ0) is 14.9. The Balaban J connectivity index is 2.31. The van der Waals surface area contributed by atoms with E-state index in [1.807, 2.05) is 7.05 Å². The molecule has 1 aliphatic rings. The minimum Gasteiger partial charge on any atom is -0.326 e. The standard InChI is InChI=1S/C12H23N5O2S/c1-4-10-8-17(6-5-16(10)3)20(18,19)12-11(7-13)9(2)14-15-12/h10H,4-8,13H2,1-3H3,(H,14,15). The molecule has 1 unspecified atom stereocenters. The minimum absolute atomic E-state index is 0.0805. The topological polar surface area (TPSA) is 95.3 Å². The van der Waals surface area contributed by atoms with Crippen LogP contribution in [0, 0.1) is 6.92 Å². The van der Waals surface area contributed by atoms with Gasteiger partial charge in [0.1, 0.15) is 0 Å². The molecule has 0 bridgehead atoms. The van der Waals surface area contributed by atoms with Crippen LogP contribution >= 0.6 is 0 Å². The van der Waals surface area contributed by atoms with E-state index in [1.165, 1.54) is 4.31 Å². The van der Waals surface area contributed by atoms with Crippen LogP contribution in [0.25, 0.3) is 0 Å². The van der Waals surface area contributed by atoms with Gasteiger partial charge in [-0.15, -0.1) is 0 Å². The molecule has 7 nitrogen and oxygen atoms in total. The molecular weight excluding hydrogens is 278 g/mol. The van der Waals surface area contributed by atoms with Crippen LogP contribution < -0.4 is 5.73 Å². The normalized spacial score (nSPS) is 22.3. The van der Waals surface area contributed by atoms with Gasteiger partial charge in [-0.3, -0.25) is 5.10 Å². The summed E-state index contributed by atoms with van der Waals surface area (Å²) in [6.07, 6.45) is 0.922. The number of aryl methyl sites for hydroxylation is 1. The molecule has 0 spiro atoms. The predicted octanol–water partition coefficient (Wildman–Crippen LogP) is -0.108. The summed E-state index contributed by atoms with van der Waals surface area (Å²) in [7, 11) is -1.54. The van der Waals surface area contributed by atoms with E-state index in [0.29, 0.717) is 24.3 Å². The van der Waals surface area contributed by atoms with Gasteiger partial charge in [0, 0.05) is 43.5 Å². The number of nitrogens with zero attached hydrogens (tertiary/aromatic N) is 3. The highest BCUT2D eigenvalue weighted by molar-refractivity contribution is 7.89. The number of sulfonamides is 1. The maximum Gasteiger partial charge on any atom is 0.262 e. The van der Waals surface area contributed by atoms with Gasteiger partial charge in [-0.05, 0) is 20.4 Å². The van der Waals surface area contributed by atoms with Gasteiger partial charge in [-0.25, -0.2) is 8.42 Å². The largest absolute Gasteiger partial charge is 0.326 e. The van der Waals surface area contributed by atoms with Crippen molar-refractivity contribution in [3.8, 4) is 0 Å². The van der Waals surface area contributed by atoms with Crippen molar-refractivity contribution in [3.05, 3.63) is 11.3 Å². The predicted molar refractivity (Wildman–Crippen MR) is 76.7 cm³/mol. The summed E-state index contributed by atoms with van der Waals surface area (Å²) in [6.45, 7) is 5.76. The molecular formula is C12H23N5O2S. The number of aromatic amines is 1. The fourth-order valence-corrected chi connectivity index (χ4v) is 4.23. The van der Waals surface area contributed by atoms with Crippen molar-refractivity contribution in [3.63, 3.8) is 0 Å². The lowest BCUT2D eigenvalue weighted by Crippen LogP contribution is -2.53. The van der Waals surface area contributed by atoms with E-state index in [9.17, 15) is 8.42 Å². The second-order valence-corrected chi connectivity index (χ2v) is 7.10. The average molecular weight is 301 g/mol. The number of nitrogens with two attached hydrogens (primary N) is 1. The van der Waals surface area contributed by atoms with Gasteiger partial charge in [0.2, 0.25) is 0 Å². The van der Waals surface area contributed by atoms with Crippen LogP contribution in [0.5, 0.6) is 0 Å². The van der Waals surface area contributed by atoms with E-state index in [2.05, 4.69) is 22.0 Å². The zero-order valence-corrected chi connectivity index (χ0v) is 13.1. The molecule has 2 heterocycles. The maximum atomic E-state index is 12.7. The first-order valence-corrected chi connectivity index (χ1v) is 8.30. The molecule has 1 aromatic rings. The Kier molecular flexibility index (Phi) is 4.48. The van der Waals surface area contributed by atoms with Gasteiger partial charge in [0.15, 0.2) is 5.03 Å². The fourth-order valence-electron chi connectivity index (χ4n) is 2.58. The molecule has 20 heavy (non-hydrogen) atoms. The van der Waals surface area contributed by atoms with E-state index in [-0.39, 0.29) is 17.6 Å². The van der Waals surface area contributed by atoms with Crippen molar-refractivity contribution in [2.75, 3.05) is 26.7 Å². The van der Waals surface area contributed by atoms with Gasteiger partial charge < -0.3 is 10.6 Å². The fraction of sp³-hybridized carbons (Fsp3) is 0.750. The van der Waals surface area contributed by atoms with Gasteiger partial charge >= 0.3 is 0 Å².